The molecule has 1 aliphatic heterocycles. The molecular weight excluding hydrogens is 192 g/mol. The van der Waals surface area contributed by atoms with E-state index >= 15 is 0 Å². The lowest BCUT2D eigenvalue weighted by Crippen LogP contribution is -2.71. The molecule has 0 aromatic carbocycles. The molecule has 3 rings (SSSR count). The zero-order valence-corrected chi connectivity index (χ0v) is 10.0. The van der Waals surface area contributed by atoms with Gasteiger partial charge in [-0.1, -0.05) is 20.8 Å². The van der Waals surface area contributed by atoms with E-state index in [9.17, 15) is 0 Å². The molecule has 2 saturated carbocycles. The van der Waals surface area contributed by atoms with E-state index in [1.54, 1.807) is 7.11 Å². The molecule has 1 saturated heterocycles. The van der Waals surface area contributed by atoms with Crippen molar-refractivity contribution in [2.24, 2.45) is 16.7 Å². The Kier molecular flexibility index (Phi) is 1.73. The van der Waals surface area contributed by atoms with Crippen LogP contribution in [-0.2, 0) is 14.5 Å². The molecule has 86 valence electrons. The smallest absolute Gasteiger partial charge is 0.224 e. The number of hydrogen-bond donors (Lipinski definition) is 0. The fraction of sp³-hybridized carbons (Fsp3) is 1.00. The fourth-order valence-corrected chi connectivity index (χ4v) is 4.46. The van der Waals surface area contributed by atoms with Crippen molar-refractivity contribution in [1.82, 2.24) is 0 Å². The molecule has 0 radical (unpaired) electrons. The summed E-state index contributed by atoms with van der Waals surface area (Å²) in [5.74, 6) is 0.754. The Hall–Kier alpha value is -0.120. The van der Waals surface area contributed by atoms with E-state index in [0.717, 1.165) is 5.92 Å². The van der Waals surface area contributed by atoms with Crippen molar-refractivity contribution in [3.05, 3.63) is 0 Å². The molecule has 3 aliphatic rings. The molecule has 3 fully saturated rings. The summed E-state index contributed by atoms with van der Waals surface area (Å²) < 4.78 is 5.43. The van der Waals surface area contributed by atoms with Crippen LogP contribution in [0, 0.1) is 16.7 Å². The van der Waals surface area contributed by atoms with Crippen LogP contribution in [0.1, 0.15) is 40.0 Å². The summed E-state index contributed by atoms with van der Waals surface area (Å²) >= 11 is 0. The number of ether oxygens (including phenoxy) is 1. The first-order valence-electron chi connectivity index (χ1n) is 5.85. The van der Waals surface area contributed by atoms with Gasteiger partial charge in [0.2, 0.25) is 6.29 Å². The van der Waals surface area contributed by atoms with Crippen LogP contribution in [0.15, 0.2) is 0 Å². The average molecular weight is 212 g/mol. The second kappa shape index (κ2) is 2.58. The minimum atomic E-state index is -0.211. The molecule has 3 nitrogen and oxygen atoms in total. The third-order valence-electron chi connectivity index (χ3n) is 5.43. The Morgan fingerprint density at radius 1 is 1.27 bits per heavy atom. The Bertz CT molecular complexity index is 292. The molecule has 3 heteroatoms. The van der Waals surface area contributed by atoms with Gasteiger partial charge in [0, 0.05) is 17.9 Å². The van der Waals surface area contributed by atoms with E-state index in [1.807, 2.05) is 0 Å². The topological polar surface area (TPSA) is 27.7 Å². The summed E-state index contributed by atoms with van der Waals surface area (Å²) in [6.45, 7) is 6.93. The van der Waals surface area contributed by atoms with Crippen molar-refractivity contribution in [3.8, 4) is 0 Å². The van der Waals surface area contributed by atoms with Crippen molar-refractivity contribution < 1.29 is 14.5 Å². The second-order valence-corrected chi connectivity index (χ2v) is 6.20. The monoisotopic (exact) mass is 212 g/mol. The summed E-state index contributed by atoms with van der Waals surface area (Å²) in [6, 6.07) is 0. The highest BCUT2D eigenvalue weighted by atomic mass is 17.3. The normalized spacial score (nSPS) is 56.0. The first-order chi connectivity index (χ1) is 6.98. The maximum absolute atomic E-state index is 5.61. The number of methoxy groups -OCH3 is 1. The third kappa shape index (κ3) is 0.820. The Balaban J connectivity index is 2.06. The highest BCUT2D eigenvalue weighted by molar-refractivity contribution is 5.21. The summed E-state index contributed by atoms with van der Waals surface area (Å²) in [5, 5.41) is 0. The fourth-order valence-electron chi connectivity index (χ4n) is 4.46. The first-order valence-corrected chi connectivity index (χ1v) is 5.85. The van der Waals surface area contributed by atoms with Crippen LogP contribution in [0.5, 0.6) is 0 Å². The van der Waals surface area contributed by atoms with Gasteiger partial charge < -0.3 is 4.74 Å². The van der Waals surface area contributed by atoms with Gasteiger partial charge in [0.05, 0.1) is 0 Å². The van der Waals surface area contributed by atoms with Gasteiger partial charge in [-0.15, -0.1) is 0 Å². The van der Waals surface area contributed by atoms with E-state index in [0.29, 0.717) is 0 Å². The van der Waals surface area contributed by atoms with Gasteiger partial charge in [0.25, 0.3) is 0 Å². The molecule has 0 aromatic heterocycles. The number of hydrogen-bond acceptors (Lipinski definition) is 3. The van der Waals surface area contributed by atoms with Gasteiger partial charge >= 0.3 is 0 Å². The van der Waals surface area contributed by atoms with Crippen LogP contribution < -0.4 is 0 Å². The molecule has 0 unspecified atom stereocenters. The molecule has 2 bridgehead atoms. The van der Waals surface area contributed by atoms with Crippen LogP contribution >= 0.6 is 0 Å². The Morgan fingerprint density at radius 2 is 2.00 bits per heavy atom. The Morgan fingerprint density at radius 3 is 2.40 bits per heavy atom. The van der Waals surface area contributed by atoms with Gasteiger partial charge in [0.15, 0.2) is 5.60 Å². The van der Waals surface area contributed by atoms with E-state index in [1.165, 1.54) is 19.3 Å². The lowest BCUT2D eigenvalue weighted by Gasteiger charge is -2.60. The quantitative estimate of drug-likeness (QED) is 0.625. The molecule has 1 heterocycles. The zero-order chi connectivity index (χ0) is 10.9. The maximum Gasteiger partial charge on any atom is 0.224 e. The van der Waals surface area contributed by atoms with Crippen molar-refractivity contribution in [3.63, 3.8) is 0 Å². The molecule has 1 spiro atoms. The summed E-state index contributed by atoms with van der Waals surface area (Å²) in [7, 11) is 1.71. The molecule has 4 atom stereocenters. The summed E-state index contributed by atoms with van der Waals surface area (Å²) in [4.78, 5) is 10.8. The predicted molar refractivity (Wildman–Crippen MR) is 54.9 cm³/mol. The minimum absolute atomic E-state index is 0.166. The lowest BCUT2D eigenvalue weighted by molar-refractivity contribution is -0.592. The van der Waals surface area contributed by atoms with Crippen molar-refractivity contribution in [1.29, 1.82) is 0 Å². The van der Waals surface area contributed by atoms with Gasteiger partial charge in [0.1, 0.15) is 0 Å². The summed E-state index contributed by atoms with van der Waals surface area (Å²) in [6.07, 6.45) is 3.64. The van der Waals surface area contributed by atoms with Crippen LogP contribution in [0.3, 0.4) is 0 Å². The average Bonchev–Trinajstić information content (AvgIpc) is 2.54. The zero-order valence-electron chi connectivity index (χ0n) is 10.0. The van der Waals surface area contributed by atoms with Crippen LogP contribution in [-0.4, -0.2) is 19.0 Å². The summed E-state index contributed by atoms with van der Waals surface area (Å²) in [5.41, 5.74) is 0.191. The van der Waals surface area contributed by atoms with Crippen molar-refractivity contribution in [2.45, 2.75) is 51.9 Å². The van der Waals surface area contributed by atoms with E-state index < -0.39 is 0 Å². The molecule has 2 aliphatic carbocycles. The number of fused-ring (bicyclic) bond motifs is 3. The molecule has 0 aromatic rings. The largest absolute Gasteiger partial charge is 0.351 e. The second-order valence-electron chi connectivity index (χ2n) is 6.20. The standard InChI is InChI=1S/C12H20O3/c1-10(2)8-5-6-11(3,7-8)12(10)9(13-4)14-15-12/h8-9H,5-7H2,1-4H3/t8-,9-,11+,12+/m0/s1. The highest BCUT2D eigenvalue weighted by Gasteiger charge is 2.78. The van der Waals surface area contributed by atoms with Gasteiger partial charge in [-0.3, -0.25) is 0 Å². The Labute approximate surface area is 91.0 Å². The van der Waals surface area contributed by atoms with Gasteiger partial charge in [-0.2, -0.15) is 0 Å². The van der Waals surface area contributed by atoms with Crippen LogP contribution in [0.2, 0.25) is 0 Å². The predicted octanol–water partition coefficient (Wildman–Crippen LogP) is 2.51. The van der Waals surface area contributed by atoms with Crippen LogP contribution in [0.4, 0.5) is 0 Å². The first kappa shape index (κ1) is 10.1. The molecule has 0 N–H and O–H groups in total. The van der Waals surface area contributed by atoms with Crippen LogP contribution in [0.25, 0.3) is 0 Å². The third-order valence-corrected chi connectivity index (χ3v) is 5.43. The van der Waals surface area contributed by atoms with E-state index in [-0.39, 0.29) is 22.7 Å². The van der Waals surface area contributed by atoms with Crippen molar-refractivity contribution in [2.75, 3.05) is 7.11 Å². The maximum atomic E-state index is 5.61. The molecule has 0 amide bonds. The number of rotatable bonds is 1. The molecule has 15 heavy (non-hydrogen) atoms. The van der Waals surface area contributed by atoms with E-state index in [2.05, 4.69) is 20.8 Å². The van der Waals surface area contributed by atoms with Gasteiger partial charge in [-0.05, 0) is 25.2 Å². The molecular formula is C12H20O3. The lowest BCUT2D eigenvalue weighted by atomic mass is 9.59. The van der Waals surface area contributed by atoms with E-state index in [4.69, 9.17) is 14.5 Å². The minimum Gasteiger partial charge on any atom is -0.351 e. The van der Waals surface area contributed by atoms with Gasteiger partial charge in [-0.25, -0.2) is 9.78 Å². The van der Waals surface area contributed by atoms with Crippen molar-refractivity contribution >= 4 is 0 Å². The SMILES string of the molecule is CO[C@H]1OO[C@@]12C(C)(C)[C@H]1CC[C@]2(C)C1. The highest BCUT2D eigenvalue weighted by Crippen LogP contribution is 2.73.